The Kier molecular flexibility index (Phi) is 5.69. The predicted octanol–water partition coefficient (Wildman–Crippen LogP) is 6.76. The Morgan fingerprint density at radius 2 is 1.46 bits per heavy atom. The summed E-state index contributed by atoms with van der Waals surface area (Å²) < 4.78 is 7.69. The fourth-order valence-electron chi connectivity index (χ4n) is 8.88. The Morgan fingerprint density at radius 3 is 2.13 bits per heavy atom. The lowest BCUT2D eigenvalue weighted by molar-refractivity contribution is -0.150. The minimum absolute atomic E-state index is 0.402. The fraction of sp³-hybridized carbons (Fsp3) is 0.429. The first-order valence-electron chi connectivity index (χ1n) is 15.0. The van der Waals surface area contributed by atoms with Crippen molar-refractivity contribution in [2.75, 3.05) is 0 Å². The molecule has 3 aromatic rings. The number of rotatable bonds is 3. The first kappa shape index (κ1) is 23.9. The van der Waals surface area contributed by atoms with Gasteiger partial charge in [0, 0.05) is 31.5 Å². The van der Waals surface area contributed by atoms with Gasteiger partial charge in [0.15, 0.2) is 0 Å². The van der Waals surface area contributed by atoms with Gasteiger partial charge in [-0.1, -0.05) is 61.7 Å². The Morgan fingerprint density at radius 1 is 0.769 bits per heavy atom. The van der Waals surface area contributed by atoms with Crippen molar-refractivity contribution in [1.29, 1.82) is 0 Å². The molecule has 0 N–H and O–H groups in total. The van der Waals surface area contributed by atoms with Gasteiger partial charge in [-0.25, -0.2) is 9.59 Å². The van der Waals surface area contributed by atoms with E-state index in [0.717, 1.165) is 28.2 Å². The molecule has 5 aliphatic carbocycles. The molecule has 0 atom stereocenters. The Bertz CT molecular complexity index is 1620. The third-order valence-corrected chi connectivity index (χ3v) is 11.6. The van der Waals surface area contributed by atoms with Crippen molar-refractivity contribution in [2.24, 2.45) is 23.7 Å². The van der Waals surface area contributed by atoms with Crippen molar-refractivity contribution >= 4 is 44.5 Å². The molecule has 39 heavy (non-hydrogen) atoms. The topological polar surface area (TPSA) is 43.4 Å². The molecule has 2 aromatic carbocycles. The summed E-state index contributed by atoms with van der Waals surface area (Å²) in [6.07, 6.45) is 14.5. The fourth-order valence-corrected chi connectivity index (χ4v) is 10.3. The quantitative estimate of drug-likeness (QED) is 0.275. The van der Waals surface area contributed by atoms with E-state index in [1.54, 1.807) is 5.57 Å². The summed E-state index contributed by atoms with van der Waals surface area (Å²) in [6.45, 7) is 0. The molecule has 1 aromatic heterocycles. The van der Waals surface area contributed by atoms with Gasteiger partial charge in [-0.15, -0.1) is 11.3 Å². The molecule has 9 rings (SSSR count). The first-order valence-corrected chi connectivity index (χ1v) is 15.8. The van der Waals surface area contributed by atoms with Crippen LogP contribution in [0.25, 0.3) is 21.2 Å². The van der Waals surface area contributed by atoms with Crippen molar-refractivity contribution in [1.82, 2.24) is 0 Å². The van der Waals surface area contributed by atoms with Gasteiger partial charge in [0.2, 0.25) is 0 Å². The van der Waals surface area contributed by atoms with Crippen molar-refractivity contribution in [2.45, 2.75) is 70.1 Å². The van der Waals surface area contributed by atoms with Crippen LogP contribution >= 0.6 is 11.3 Å². The van der Waals surface area contributed by atoms with E-state index in [2.05, 4.69) is 48.5 Å². The van der Waals surface area contributed by atoms with Crippen molar-refractivity contribution in [3.63, 3.8) is 0 Å². The highest BCUT2D eigenvalue weighted by Gasteiger charge is 2.45. The number of cyclic esters (lactones) is 2. The summed E-state index contributed by atoms with van der Waals surface area (Å²) >= 11 is 1.89. The Labute approximate surface area is 233 Å². The van der Waals surface area contributed by atoms with Crippen molar-refractivity contribution < 1.29 is 14.3 Å². The van der Waals surface area contributed by atoms with E-state index in [9.17, 15) is 9.59 Å². The molecule has 2 heterocycles. The second-order valence-electron chi connectivity index (χ2n) is 12.7. The normalized spacial score (nSPS) is 29.2. The summed E-state index contributed by atoms with van der Waals surface area (Å²) in [7, 11) is 0. The maximum absolute atomic E-state index is 13.1. The molecule has 5 saturated carbocycles. The number of carbonyl (C=O) groups excluding carboxylic acids is 2. The van der Waals surface area contributed by atoms with E-state index < -0.39 is 11.9 Å². The minimum Gasteiger partial charge on any atom is -0.386 e. The number of hydrogen-bond donors (Lipinski definition) is 0. The summed E-state index contributed by atoms with van der Waals surface area (Å²) in [5.74, 6) is 2.60. The molecule has 0 unspecified atom stereocenters. The number of thiophene rings is 1. The van der Waals surface area contributed by atoms with Crippen molar-refractivity contribution in [3.05, 3.63) is 81.1 Å². The van der Waals surface area contributed by atoms with E-state index in [1.165, 1.54) is 90.5 Å². The van der Waals surface area contributed by atoms with Gasteiger partial charge in [0.1, 0.15) is 0 Å². The molecule has 4 bridgehead atoms. The number of benzene rings is 2. The summed E-state index contributed by atoms with van der Waals surface area (Å²) in [5, 5.41) is 2.32. The van der Waals surface area contributed by atoms with Crippen molar-refractivity contribution in [3.8, 4) is 0 Å². The van der Waals surface area contributed by atoms with Gasteiger partial charge >= 0.3 is 11.9 Å². The molecular formula is C35H34O3S. The molecular weight excluding hydrogens is 500 g/mol. The summed E-state index contributed by atoms with van der Waals surface area (Å²) in [4.78, 5) is 25.5. The molecule has 0 amide bonds. The van der Waals surface area contributed by atoms with E-state index >= 15 is 0 Å². The minimum atomic E-state index is -0.560. The highest BCUT2D eigenvalue weighted by Crippen LogP contribution is 2.56. The average Bonchev–Trinajstić information content (AvgIpc) is 3.48. The second kappa shape index (κ2) is 9.30. The highest BCUT2D eigenvalue weighted by molar-refractivity contribution is 7.17. The van der Waals surface area contributed by atoms with Crippen LogP contribution in [0.3, 0.4) is 0 Å². The van der Waals surface area contributed by atoms with Crippen LogP contribution in [0.1, 0.15) is 81.3 Å². The van der Waals surface area contributed by atoms with Gasteiger partial charge < -0.3 is 4.74 Å². The molecule has 6 aliphatic rings. The van der Waals surface area contributed by atoms with Crippen LogP contribution in [-0.2, 0) is 14.3 Å². The molecule has 3 nitrogen and oxygen atoms in total. The Hall–Kier alpha value is -2.98. The third kappa shape index (κ3) is 3.97. The van der Waals surface area contributed by atoms with Crippen LogP contribution in [0.4, 0.5) is 0 Å². The monoisotopic (exact) mass is 534 g/mol. The van der Waals surface area contributed by atoms with Crippen LogP contribution < -0.4 is 9.75 Å². The van der Waals surface area contributed by atoms with Crippen LogP contribution in [0.5, 0.6) is 0 Å². The summed E-state index contributed by atoms with van der Waals surface area (Å²) in [6, 6.07) is 17.5. The number of esters is 2. The summed E-state index contributed by atoms with van der Waals surface area (Å²) in [5.41, 5.74) is 5.30. The number of ether oxygens (including phenoxy) is 1. The number of hydrogen-bond acceptors (Lipinski definition) is 4. The van der Waals surface area contributed by atoms with Crippen LogP contribution in [0, 0.1) is 23.7 Å². The van der Waals surface area contributed by atoms with E-state index in [-0.39, 0.29) is 0 Å². The molecule has 0 saturated heterocycles. The standard InChI is InChI=1S/C35H34O3S/c36-30-19-28(35(37)38-30)32(24-12-10-23(11-13-24)22-6-2-1-3-7-22)33-27-8-4-5-9-29(27)39-34(33)31-25-15-20-14-21(17-25)18-26(31)16-20/h4-5,8-13,19-22,25-26H,1-3,6-7,14-18H2/b33-32-,34-31?. The first-order chi connectivity index (χ1) is 19.1. The van der Waals surface area contributed by atoms with E-state index in [1.807, 2.05) is 11.3 Å². The molecule has 198 valence electrons. The average molecular weight is 535 g/mol. The number of carbonyl (C=O) groups is 2. The third-order valence-electron chi connectivity index (χ3n) is 10.3. The second-order valence-corrected chi connectivity index (χ2v) is 13.7. The zero-order valence-electron chi connectivity index (χ0n) is 22.3. The smallest absolute Gasteiger partial charge is 0.346 e. The van der Waals surface area contributed by atoms with Crippen LogP contribution in [0.15, 0.2) is 60.2 Å². The van der Waals surface area contributed by atoms with Gasteiger partial charge in [-0.2, -0.15) is 0 Å². The lowest BCUT2D eigenvalue weighted by Gasteiger charge is -2.51. The lowest BCUT2D eigenvalue weighted by Crippen LogP contribution is -2.43. The largest absolute Gasteiger partial charge is 0.386 e. The van der Waals surface area contributed by atoms with E-state index in [0.29, 0.717) is 23.3 Å². The van der Waals surface area contributed by atoms with Crippen LogP contribution in [0.2, 0.25) is 0 Å². The lowest BCUT2D eigenvalue weighted by atomic mass is 9.54. The zero-order chi connectivity index (χ0) is 26.1. The van der Waals surface area contributed by atoms with E-state index in [4.69, 9.17) is 4.74 Å². The molecule has 0 spiro atoms. The highest BCUT2D eigenvalue weighted by atomic mass is 32.1. The van der Waals surface area contributed by atoms with Gasteiger partial charge in [0.25, 0.3) is 0 Å². The zero-order valence-corrected chi connectivity index (χ0v) is 23.1. The Balaban J connectivity index is 1.42. The molecule has 0 radical (unpaired) electrons. The molecule has 4 heteroatoms. The van der Waals surface area contributed by atoms with Gasteiger partial charge in [-0.05, 0) is 97.3 Å². The number of fused-ring (bicyclic) bond motifs is 1. The maximum atomic E-state index is 13.1. The van der Waals surface area contributed by atoms with Gasteiger partial charge in [0.05, 0.1) is 5.57 Å². The van der Waals surface area contributed by atoms with Crippen LogP contribution in [-0.4, -0.2) is 11.9 Å². The maximum Gasteiger partial charge on any atom is 0.346 e. The predicted molar refractivity (Wildman–Crippen MR) is 155 cm³/mol. The molecule has 1 aliphatic heterocycles. The van der Waals surface area contributed by atoms with Gasteiger partial charge in [-0.3, -0.25) is 0 Å². The SMILES string of the molecule is O=C1C=C(/C(c2ccc(C3CCCCC3)cc2)=c2\c(=C3C4CC5CC(C4)CC3C5)sc3ccccc23)C(=O)O1. The molecule has 5 fully saturated rings.